The van der Waals surface area contributed by atoms with Crippen LogP contribution in [0.15, 0.2) is 58.5 Å². The van der Waals surface area contributed by atoms with Crippen LogP contribution < -0.4 is 10.6 Å². The number of allylic oxidation sites excluding steroid dienone is 1. The molecule has 11 nitrogen and oxygen atoms in total. The van der Waals surface area contributed by atoms with Crippen molar-refractivity contribution in [3.8, 4) is 6.07 Å². The van der Waals surface area contributed by atoms with Crippen LogP contribution in [-0.4, -0.2) is 74.9 Å². The number of rotatable bonds is 5. The van der Waals surface area contributed by atoms with Gasteiger partial charge >= 0.3 is 17.8 Å². The molecule has 0 radical (unpaired) electrons. The molecule has 42 heavy (non-hydrogen) atoms. The molecule has 2 aliphatic rings. The molecule has 0 spiro atoms. The normalized spacial score (nSPS) is 24.0. The number of nitrogens with zero attached hydrogens (tertiary/aromatic N) is 5. The van der Waals surface area contributed by atoms with Crippen molar-refractivity contribution in [1.29, 1.82) is 5.26 Å². The maximum absolute atomic E-state index is 13.6. The Morgan fingerprint density at radius 2 is 1.90 bits per heavy atom. The molecule has 220 valence electrons. The zero-order valence-corrected chi connectivity index (χ0v) is 22.9. The lowest BCUT2D eigenvalue weighted by atomic mass is 9.89. The number of alkyl halides is 3. The number of aliphatic hydroxyl groups is 2. The first kappa shape index (κ1) is 29.1. The number of nitriles is 1. The molecule has 0 bridgehead atoms. The van der Waals surface area contributed by atoms with Crippen molar-refractivity contribution in [2.75, 3.05) is 32.1 Å². The smallest absolute Gasteiger partial charge is 0.416 e. The quantitative estimate of drug-likeness (QED) is 0.306. The summed E-state index contributed by atoms with van der Waals surface area (Å²) in [5.41, 5.74) is -0.186. The third kappa shape index (κ3) is 4.95. The summed E-state index contributed by atoms with van der Waals surface area (Å²) < 4.78 is 47.2. The number of H-pyrrole nitrogens is 1. The fourth-order valence-corrected chi connectivity index (χ4v) is 5.92. The Kier molecular flexibility index (Phi) is 7.22. The lowest BCUT2D eigenvalue weighted by Crippen LogP contribution is -2.43. The Balaban J connectivity index is 1.74. The summed E-state index contributed by atoms with van der Waals surface area (Å²) in [7, 11) is 2.98. The van der Waals surface area contributed by atoms with Gasteiger partial charge < -0.3 is 19.4 Å². The van der Waals surface area contributed by atoms with Crippen molar-refractivity contribution in [2.45, 2.75) is 37.9 Å². The van der Waals surface area contributed by atoms with Gasteiger partial charge in [0, 0.05) is 16.9 Å². The molecule has 3 N–H and O–H groups in total. The number of fused-ring (bicyclic) bond motifs is 1. The van der Waals surface area contributed by atoms with Gasteiger partial charge in [-0.25, -0.2) is 19.3 Å². The molecule has 3 heterocycles. The van der Waals surface area contributed by atoms with E-state index in [0.717, 1.165) is 23.8 Å². The number of likely N-dealkylation sites (N-methyl/N-ethyl adjacent to an activating group) is 1. The summed E-state index contributed by atoms with van der Waals surface area (Å²) in [6.45, 7) is 2.19. The van der Waals surface area contributed by atoms with E-state index in [1.165, 1.54) is 30.0 Å². The molecule has 0 saturated carbocycles. The average Bonchev–Trinajstić information content (AvgIpc) is 3.44. The molecule has 14 heteroatoms. The number of aromatic nitrogens is 3. The molecule has 0 aliphatic carbocycles. The topological polar surface area (TPSA) is 144 Å². The van der Waals surface area contributed by atoms with Crippen LogP contribution in [-0.2, 0) is 22.3 Å². The predicted octanol–water partition coefficient (Wildman–Crippen LogP) is 2.33. The van der Waals surface area contributed by atoms with Crippen molar-refractivity contribution in [2.24, 2.45) is 0 Å². The van der Waals surface area contributed by atoms with E-state index in [4.69, 9.17) is 4.74 Å². The van der Waals surface area contributed by atoms with Crippen molar-refractivity contribution in [3.63, 3.8) is 0 Å². The summed E-state index contributed by atoms with van der Waals surface area (Å²) in [6.07, 6.45) is -6.55. The number of hydrogen-bond acceptors (Lipinski definition) is 8. The van der Waals surface area contributed by atoms with Crippen LogP contribution in [0.5, 0.6) is 0 Å². The number of ether oxygens (including phenoxy) is 1. The minimum atomic E-state index is -4.64. The number of likely N-dealkylation sites (tertiary alicyclic amines) is 1. The van der Waals surface area contributed by atoms with Gasteiger partial charge in [-0.1, -0.05) is 12.1 Å². The standard InChI is InChI=1S/C28H27F3N6O5/c1-15-23(25(40)42-3)24(20-8-7-16(11-32)9-17(20)12-37(2)13-21(38)22(39)14-37)36-26(33-34-27(36)41)35(15)19-6-4-5-18(10-19)28(29,30)31/h4-10,21-22,24,38-39H,12-14H2,1-3H3/p+1. The number of quaternary nitrogens is 1. The SMILES string of the molecule is COC(=O)C1=C(C)N(c2cccc(C(F)(F)F)c2)c2n[nH]c(=O)n2C1c1ccc(C#N)cc1C[N+]1(C)CC(O)C(O)C1. The van der Waals surface area contributed by atoms with Crippen molar-refractivity contribution >= 4 is 17.6 Å². The Labute approximate surface area is 237 Å². The number of carbonyl (C=O) groups is 1. The van der Waals surface area contributed by atoms with Gasteiger partial charge in [0.2, 0.25) is 5.95 Å². The minimum Gasteiger partial charge on any atom is -0.466 e. The Morgan fingerprint density at radius 3 is 2.52 bits per heavy atom. The van der Waals surface area contributed by atoms with Gasteiger partial charge in [0.15, 0.2) is 0 Å². The number of anilines is 2. The second-order valence-electron chi connectivity index (χ2n) is 10.8. The van der Waals surface area contributed by atoms with Crippen LogP contribution >= 0.6 is 0 Å². The maximum atomic E-state index is 13.6. The molecule has 1 saturated heterocycles. The number of aliphatic hydroxyl groups excluding tert-OH is 2. The fourth-order valence-electron chi connectivity index (χ4n) is 5.92. The molecule has 3 unspecified atom stereocenters. The molecular formula is C28H28F3N6O5+. The number of carbonyl (C=O) groups excluding carboxylic acids is 1. The highest BCUT2D eigenvalue weighted by Crippen LogP contribution is 2.44. The van der Waals surface area contributed by atoms with Crippen LogP contribution in [0.2, 0.25) is 0 Å². The van der Waals surface area contributed by atoms with E-state index in [0.29, 0.717) is 16.7 Å². The second kappa shape index (κ2) is 10.4. The predicted molar refractivity (Wildman–Crippen MR) is 142 cm³/mol. The largest absolute Gasteiger partial charge is 0.466 e. The second-order valence-corrected chi connectivity index (χ2v) is 10.8. The summed E-state index contributed by atoms with van der Waals surface area (Å²) in [6, 6.07) is 10.1. The number of aromatic amines is 1. The monoisotopic (exact) mass is 585 g/mol. The van der Waals surface area contributed by atoms with Gasteiger partial charge in [-0.15, -0.1) is 5.10 Å². The van der Waals surface area contributed by atoms with E-state index in [1.807, 2.05) is 7.05 Å². The van der Waals surface area contributed by atoms with E-state index in [1.54, 1.807) is 12.1 Å². The molecule has 0 amide bonds. The fraction of sp³-hybridized carbons (Fsp3) is 0.357. The molecule has 2 aliphatic heterocycles. The molecule has 1 fully saturated rings. The van der Waals surface area contributed by atoms with Crippen molar-refractivity contribution in [3.05, 3.63) is 86.5 Å². The van der Waals surface area contributed by atoms with Crippen LogP contribution in [0.3, 0.4) is 0 Å². The third-order valence-electron chi connectivity index (χ3n) is 7.80. The van der Waals surface area contributed by atoms with E-state index >= 15 is 0 Å². The summed E-state index contributed by atoms with van der Waals surface area (Å²) in [5, 5.41) is 36.6. The van der Waals surface area contributed by atoms with Gasteiger partial charge in [0.25, 0.3) is 0 Å². The number of methoxy groups -OCH3 is 1. The van der Waals surface area contributed by atoms with Gasteiger partial charge in [0.05, 0.1) is 36.9 Å². The highest BCUT2D eigenvalue weighted by atomic mass is 19.4. The highest BCUT2D eigenvalue weighted by Gasteiger charge is 2.44. The first-order valence-electron chi connectivity index (χ1n) is 12.9. The summed E-state index contributed by atoms with van der Waals surface area (Å²) in [5.74, 6) is -0.881. The summed E-state index contributed by atoms with van der Waals surface area (Å²) in [4.78, 5) is 27.9. The first-order chi connectivity index (χ1) is 19.8. The molecule has 3 atom stereocenters. The molecule has 3 aromatic rings. The average molecular weight is 586 g/mol. The summed E-state index contributed by atoms with van der Waals surface area (Å²) >= 11 is 0. The van der Waals surface area contributed by atoms with E-state index in [9.17, 15) is 38.2 Å². The number of hydrogen-bond donors (Lipinski definition) is 3. The lowest BCUT2D eigenvalue weighted by Gasteiger charge is -2.37. The van der Waals surface area contributed by atoms with Crippen molar-refractivity contribution in [1.82, 2.24) is 14.8 Å². The van der Waals surface area contributed by atoms with Crippen molar-refractivity contribution < 1.29 is 37.4 Å². The minimum absolute atomic E-state index is 0.0144. The molecule has 5 rings (SSSR count). The van der Waals surface area contributed by atoms with Gasteiger partial charge in [0.1, 0.15) is 37.9 Å². The highest BCUT2D eigenvalue weighted by molar-refractivity contribution is 5.93. The van der Waals surface area contributed by atoms with E-state index in [2.05, 4.69) is 16.3 Å². The van der Waals surface area contributed by atoms with Crippen LogP contribution in [0, 0.1) is 11.3 Å². The number of benzene rings is 2. The molecule has 1 aromatic heterocycles. The third-order valence-corrected chi connectivity index (χ3v) is 7.80. The molecule has 2 aromatic carbocycles. The zero-order valence-electron chi connectivity index (χ0n) is 22.9. The van der Waals surface area contributed by atoms with Gasteiger partial charge in [-0.2, -0.15) is 18.4 Å². The number of esters is 1. The Bertz CT molecular complexity index is 1680. The Hall–Kier alpha value is -4.45. The van der Waals surface area contributed by atoms with Crippen LogP contribution in [0.4, 0.5) is 24.8 Å². The maximum Gasteiger partial charge on any atom is 0.416 e. The number of halogens is 3. The van der Waals surface area contributed by atoms with Gasteiger partial charge in [-0.05, 0) is 42.8 Å². The van der Waals surface area contributed by atoms with Crippen LogP contribution in [0.1, 0.15) is 35.2 Å². The Morgan fingerprint density at radius 1 is 1.21 bits per heavy atom. The van der Waals surface area contributed by atoms with E-state index in [-0.39, 0.29) is 47.0 Å². The van der Waals surface area contributed by atoms with Gasteiger partial charge in [-0.3, -0.25) is 4.90 Å². The zero-order chi connectivity index (χ0) is 30.6. The van der Waals surface area contributed by atoms with E-state index < -0.39 is 41.6 Å². The van der Waals surface area contributed by atoms with Crippen LogP contribution in [0.25, 0.3) is 0 Å². The first-order valence-corrected chi connectivity index (χ1v) is 12.9. The number of nitrogens with one attached hydrogen (secondary N) is 1. The lowest BCUT2D eigenvalue weighted by molar-refractivity contribution is -0.913. The molecular weight excluding hydrogens is 557 g/mol.